The first-order valence-corrected chi connectivity index (χ1v) is 33.2. The highest BCUT2D eigenvalue weighted by Gasteiger charge is 2.44. The molecule has 6 N–H and O–H groups in total. The Morgan fingerprint density at radius 1 is 0.422 bits per heavy atom. The van der Waals surface area contributed by atoms with Crippen molar-refractivity contribution in [3.63, 3.8) is 0 Å². The Labute approximate surface area is 507 Å². The predicted octanol–water partition coefficient (Wildman–Crippen LogP) is 18.0. The van der Waals surface area contributed by atoms with E-state index in [0.29, 0.717) is 6.42 Å². The van der Waals surface area contributed by atoms with Crippen molar-refractivity contribution in [2.45, 2.75) is 288 Å². The molecule has 1 fully saturated rings. The molecular weight excluding hydrogens is 1030 g/mol. The molecule has 7 atom stereocenters. The molecule has 1 saturated heterocycles. The largest absolute Gasteiger partial charge is 0.394 e. The highest BCUT2D eigenvalue weighted by molar-refractivity contribution is 5.76. The summed E-state index contributed by atoms with van der Waals surface area (Å²) in [7, 11) is 0. The van der Waals surface area contributed by atoms with Crippen LogP contribution < -0.4 is 5.32 Å². The monoisotopic (exact) mass is 1150 g/mol. The van der Waals surface area contributed by atoms with E-state index in [1.54, 1.807) is 6.08 Å². The van der Waals surface area contributed by atoms with Crippen molar-refractivity contribution in [2.24, 2.45) is 0 Å². The number of nitrogens with one attached hydrogen (secondary N) is 1. The molecule has 0 bridgehead atoms. The second-order valence-electron chi connectivity index (χ2n) is 22.2. The number of ether oxygens (including phenoxy) is 2. The highest BCUT2D eigenvalue weighted by atomic mass is 16.7. The molecule has 1 amide bonds. The number of carbonyl (C=O) groups excluding carboxylic acids is 1. The van der Waals surface area contributed by atoms with Crippen LogP contribution in [0, 0.1) is 0 Å². The molecule has 1 aliphatic heterocycles. The normalized spacial score (nSPS) is 19.3. The van der Waals surface area contributed by atoms with Gasteiger partial charge in [-0.25, -0.2) is 0 Å². The molecule has 7 unspecified atom stereocenters. The molecule has 0 saturated carbocycles. The molecular formula is C74H121NO8. The Balaban J connectivity index is 2.19. The van der Waals surface area contributed by atoms with Gasteiger partial charge in [0.1, 0.15) is 24.4 Å². The molecule has 1 rings (SSSR count). The highest BCUT2D eigenvalue weighted by Crippen LogP contribution is 2.23. The minimum atomic E-state index is -1.58. The van der Waals surface area contributed by atoms with E-state index in [2.05, 4.69) is 165 Å². The third-order valence-corrected chi connectivity index (χ3v) is 14.6. The van der Waals surface area contributed by atoms with Gasteiger partial charge in [0.2, 0.25) is 5.91 Å². The smallest absolute Gasteiger partial charge is 0.220 e. The maximum Gasteiger partial charge on any atom is 0.220 e. The maximum absolute atomic E-state index is 13.1. The van der Waals surface area contributed by atoms with E-state index in [4.69, 9.17) is 9.47 Å². The van der Waals surface area contributed by atoms with Gasteiger partial charge in [-0.2, -0.15) is 0 Å². The fourth-order valence-electron chi connectivity index (χ4n) is 9.41. The summed E-state index contributed by atoms with van der Waals surface area (Å²) in [6.45, 7) is 3.64. The summed E-state index contributed by atoms with van der Waals surface area (Å²) < 4.78 is 11.3. The Kier molecular flexibility index (Phi) is 56.4. The number of rotatable bonds is 55. The summed E-state index contributed by atoms with van der Waals surface area (Å²) in [5.41, 5.74) is 0. The quantitative estimate of drug-likeness (QED) is 0.0261. The zero-order valence-electron chi connectivity index (χ0n) is 52.4. The molecule has 9 heteroatoms. The maximum atomic E-state index is 13.1. The SMILES string of the molecule is CC/C=C\C/C=C\C/C=C\C/C=C\C/C=C\C/C=C\C/C=C\C/C=C\C/C=C\C/C=C\C/C=C\CCCCCCCCCC(=O)NC(COC1OC(CO)C(O)C(O)C1O)C(O)/C=C/CC/C=C/CCCCCCCCCCCCCCC. The minimum absolute atomic E-state index is 0.203. The van der Waals surface area contributed by atoms with Crippen LogP contribution >= 0.6 is 0 Å². The van der Waals surface area contributed by atoms with E-state index >= 15 is 0 Å². The molecule has 1 aliphatic rings. The van der Waals surface area contributed by atoms with Crippen molar-refractivity contribution >= 4 is 5.91 Å². The first-order valence-electron chi connectivity index (χ1n) is 33.2. The summed E-state index contributed by atoms with van der Waals surface area (Å²) in [4.78, 5) is 13.1. The van der Waals surface area contributed by atoms with Gasteiger partial charge in [0, 0.05) is 6.42 Å². The fourth-order valence-corrected chi connectivity index (χ4v) is 9.41. The Bertz CT molecular complexity index is 1860. The van der Waals surface area contributed by atoms with Gasteiger partial charge in [-0.3, -0.25) is 4.79 Å². The van der Waals surface area contributed by atoms with Crippen molar-refractivity contribution in [1.82, 2.24) is 5.32 Å². The molecule has 9 nitrogen and oxygen atoms in total. The molecule has 83 heavy (non-hydrogen) atoms. The van der Waals surface area contributed by atoms with Gasteiger partial charge in [0.25, 0.3) is 0 Å². The summed E-state index contributed by atoms with van der Waals surface area (Å²) in [6.07, 6.45) is 88.9. The minimum Gasteiger partial charge on any atom is -0.394 e. The van der Waals surface area contributed by atoms with Crippen LogP contribution in [0.5, 0.6) is 0 Å². The van der Waals surface area contributed by atoms with Crippen LogP contribution in [0.1, 0.15) is 245 Å². The molecule has 0 radical (unpaired) electrons. The molecule has 0 spiro atoms. The number of aliphatic hydroxyl groups is 5. The van der Waals surface area contributed by atoms with Crippen molar-refractivity contribution in [1.29, 1.82) is 0 Å². The number of aliphatic hydroxyl groups excluding tert-OH is 5. The zero-order valence-corrected chi connectivity index (χ0v) is 52.4. The first-order chi connectivity index (χ1) is 40.8. The Morgan fingerprint density at radius 2 is 0.759 bits per heavy atom. The zero-order chi connectivity index (χ0) is 60.0. The lowest BCUT2D eigenvalue weighted by molar-refractivity contribution is -0.302. The van der Waals surface area contributed by atoms with E-state index in [0.717, 1.165) is 122 Å². The fraction of sp³-hybridized carbons (Fsp3) is 0.635. The van der Waals surface area contributed by atoms with Crippen LogP contribution in [0.2, 0.25) is 0 Å². The van der Waals surface area contributed by atoms with Gasteiger partial charge in [0.05, 0.1) is 25.4 Å². The van der Waals surface area contributed by atoms with Crippen LogP contribution in [0.25, 0.3) is 0 Å². The third kappa shape index (κ3) is 49.7. The lowest BCUT2D eigenvalue weighted by Crippen LogP contribution is -2.60. The number of allylic oxidation sites excluding steroid dienone is 25. The second-order valence-corrected chi connectivity index (χ2v) is 22.2. The Morgan fingerprint density at radius 3 is 1.16 bits per heavy atom. The summed E-state index contributed by atoms with van der Waals surface area (Å²) in [5, 5.41) is 54.6. The number of unbranched alkanes of at least 4 members (excludes halogenated alkanes) is 21. The lowest BCUT2D eigenvalue weighted by Gasteiger charge is -2.40. The molecule has 0 aromatic carbocycles. The van der Waals surface area contributed by atoms with E-state index in [-0.39, 0.29) is 12.5 Å². The topological polar surface area (TPSA) is 149 Å². The van der Waals surface area contributed by atoms with Crippen LogP contribution in [0.4, 0.5) is 0 Å². The lowest BCUT2D eigenvalue weighted by atomic mass is 9.99. The van der Waals surface area contributed by atoms with Crippen LogP contribution in [-0.2, 0) is 14.3 Å². The summed E-state index contributed by atoms with van der Waals surface area (Å²) in [5.74, 6) is -0.203. The van der Waals surface area contributed by atoms with Gasteiger partial charge in [-0.1, -0.05) is 281 Å². The summed E-state index contributed by atoms with van der Waals surface area (Å²) in [6, 6.07) is -0.840. The van der Waals surface area contributed by atoms with Crippen LogP contribution in [-0.4, -0.2) is 87.5 Å². The van der Waals surface area contributed by atoms with Crippen LogP contribution in [0.3, 0.4) is 0 Å². The average Bonchev–Trinajstić information content (AvgIpc) is 3.61. The van der Waals surface area contributed by atoms with E-state index in [1.165, 1.54) is 103 Å². The van der Waals surface area contributed by atoms with E-state index in [9.17, 15) is 30.3 Å². The van der Waals surface area contributed by atoms with Crippen molar-refractivity contribution in [3.05, 3.63) is 158 Å². The number of hydrogen-bond donors (Lipinski definition) is 6. The number of hydrogen-bond acceptors (Lipinski definition) is 8. The third-order valence-electron chi connectivity index (χ3n) is 14.6. The number of carbonyl (C=O) groups is 1. The van der Waals surface area contributed by atoms with Gasteiger partial charge >= 0.3 is 0 Å². The average molecular weight is 1150 g/mol. The molecule has 1 heterocycles. The number of amides is 1. The van der Waals surface area contributed by atoms with Crippen molar-refractivity contribution in [3.8, 4) is 0 Å². The first kappa shape index (κ1) is 76.8. The van der Waals surface area contributed by atoms with Gasteiger partial charge in [-0.15, -0.1) is 0 Å². The van der Waals surface area contributed by atoms with Gasteiger partial charge in [0.15, 0.2) is 6.29 Å². The molecule has 0 aromatic heterocycles. The molecule has 470 valence electrons. The van der Waals surface area contributed by atoms with Gasteiger partial charge in [-0.05, 0) is 116 Å². The van der Waals surface area contributed by atoms with Gasteiger partial charge < -0.3 is 40.3 Å². The summed E-state index contributed by atoms with van der Waals surface area (Å²) >= 11 is 0. The van der Waals surface area contributed by atoms with Crippen LogP contribution in [0.15, 0.2) is 158 Å². The standard InChI is InChI=1S/C74H121NO8/c1-3-5-7-9-11-13-15-17-19-21-23-24-25-26-27-28-29-30-31-32-33-34-35-36-37-38-39-40-41-42-43-44-46-48-50-52-54-56-58-60-62-64-70(78)75-67(66-82-74-73(81)72(80)71(79)69(65-76)83-74)68(77)63-61-59-57-55-53-51-49-47-45-22-20-18-16-14-12-10-8-6-4-2/h5,7,11,13,17,19,23-24,26-27,29-30,32-33,35-36,38-39,41-42,44,46,53,55,61,63,67-69,71-74,76-77,79-81H,3-4,6,8-10,12,14-16,18,20-22,25,28,31,34,37,40,43,45,47-52,54,56-60,62,64-66H2,1-2H3,(H,75,78)/b7-5-,13-11-,19-17-,24-23-,27-26-,30-29-,33-32-,36-35-,39-38-,42-41-,46-44-,55-53+,63-61+. The Hall–Kier alpha value is -4.19. The van der Waals surface area contributed by atoms with E-state index in [1.807, 2.05) is 6.08 Å². The molecule has 0 aliphatic carbocycles. The van der Waals surface area contributed by atoms with E-state index < -0.39 is 49.5 Å². The molecule has 0 aromatic rings. The van der Waals surface area contributed by atoms with Crippen molar-refractivity contribution < 1.29 is 39.8 Å². The van der Waals surface area contributed by atoms with Crippen molar-refractivity contribution in [2.75, 3.05) is 13.2 Å². The second kappa shape index (κ2) is 60.9. The predicted molar refractivity (Wildman–Crippen MR) is 354 cm³/mol.